The number of carbonyl (C=O) groups excluding carboxylic acids is 1. The number of amides is 2. The van der Waals surface area contributed by atoms with E-state index in [0.29, 0.717) is 38.2 Å². The van der Waals surface area contributed by atoms with Crippen molar-refractivity contribution in [3.05, 3.63) is 29.2 Å². The lowest BCUT2D eigenvalue weighted by atomic mass is 9.80. The van der Waals surface area contributed by atoms with E-state index in [1.54, 1.807) is 4.52 Å². The molecule has 2 amide bonds. The van der Waals surface area contributed by atoms with Crippen molar-refractivity contribution in [2.45, 2.75) is 50.8 Å². The van der Waals surface area contributed by atoms with Gasteiger partial charge in [0, 0.05) is 24.2 Å². The fraction of sp³-hybridized carbons (Fsp3) is 0.632. The third-order valence-electron chi connectivity index (χ3n) is 5.92. The molecule has 1 aliphatic heterocycles. The van der Waals surface area contributed by atoms with Crippen LogP contribution in [0, 0.1) is 12.8 Å². The molecule has 0 bridgehead atoms. The van der Waals surface area contributed by atoms with Crippen LogP contribution < -0.4 is 5.73 Å². The Labute approximate surface area is 166 Å². The van der Waals surface area contributed by atoms with Gasteiger partial charge in [-0.2, -0.15) is 18.3 Å². The van der Waals surface area contributed by atoms with Crippen LogP contribution in [0.15, 0.2) is 12.1 Å². The smallest absolute Gasteiger partial charge is 0.368 e. The first kappa shape index (κ1) is 19.9. The Morgan fingerprint density at radius 1 is 1.24 bits per heavy atom. The lowest BCUT2D eigenvalue weighted by Gasteiger charge is -2.32. The number of aryl methyl sites for hydroxylation is 1. The highest BCUT2D eigenvalue weighted by atomic mass is 19.4. The molecule has 1 saturated heterocycles. The van der Waals surface area contributed by atoms with E-state index in [4.69, 9.17) is 10.5 Å². The van der Waals surface area contributed by atoms with Gasteiger partial charge in [0.2, 0.25) is 0 Å². The van der Waals surface area contributed by atoms with E-state index in [2.05, 4.69) is 10.1 Å². The number of fused-ring (bicyclic) bond motifs is 1. The minimum absolute atomic E-state index is 0.0159. The van der Waals surface area contributed by atoms with Crippen molar-refractivity contribution in [1.29, 1.82) is 0 Å². The summed E-state index contributed by atoms with van der Waals surface area (Å²) in [5.74, 6) is -1.24. The van der Waals surface area contributed by atoms with Crippen LogP contribution in [0.3, 0.4) is 0 Å². The van der Waals surface area contributed by atoms with Crippen molar-refractivity contribution in [1.82, 2.24) is 19.5 Å². The molecule has 2 aliphatic rings. The highest BCUT2D eigenvalue weighted by Gasteiger charge is 2.42. The van der Waals surface area contributed by atoms with Gasteiger partial charge in [0.1, 0.15) is 6.10 Å². The second kappa shape index (κ2) is 7.47. The maximum atomic E-state index is 12.9. The number of aromatic nitrogens is 3. The van der Waals surface area contributed by atoms with E-state index >= 15 is 0 Å². The van der Waals surface area contributed by atoms with E-state index in [9.17, 15) is 18.0 Å². The summed E-state index contributed by atoms with van der Waals surface area (Å²) in [4.78, 5) is 17.6. The van der Waals surface area contributed by atoms with Crippen LogP contribution in [0.2, 0.25) is 0 Å². The summed E-state index contributed by atoms with van der Waals surface area (Å²) in [6.45, 7) is 2.98. The van der Waals surface area contributed by atoms with Crippen molar-refractivity contribution in [2.75, 3.05) is 19.7 Å². The standard InChI is InChI=1S/C19H24F3N5O2/c1-11-8-15(16-10-26(18(23)28)6-7-29-16)27-17(24-11)9-14(25-27)12-2-4-13(5-3-12)19(20,21)22/h8-9,12-13,16H,2-7,10H2,1H3,(H2,23,28)/t12?,13?,16-/m1/s1. The van der Waals surface area contributed by atoms with Crippen LogP contribution in [0.25, 0.3) is 5.65 Å². The Hall–Kier alpha value is -2.36. The molecule has 2 aromatic heterocycles. The number of alkyl halides is 3. The predicted molar refractivity (Wildman–Crippen MR) is 98.3 cm³/mol. The molecule has 29 heavy (non-hydrogen) atoms. The topological polar surface area (TPSA) is 85.8 Å². The average Bonchev–Trinajstić information content (AvgIpc) is 3.10. The Balaban J connectivity index is 1.60. The zero-order valence-corrected chi connectivity index (χ0v) is 16.2. The van der Waals surface area contributed by atoms with E-state index < -0.39 is 24.2 Å². The normalized spacial score (nSPS) is 26.1. The summed E-state index contributed by atoms with van der Waals surface area (Å²) < 4.78 is 46.4. The molecule has 4 rings (SSSR count). The molecule has 2 aromatic rings. The number of rotatable bonds is 2. The lowest BCUT2D eigenvalue weighted by molar-refractivity contribution is -0.182. The zero-order valence-electron chi connectivity index (χ0n) is 16.2. The predicted octanol–water partition coefficient (Wildman–Crippen LogP) is 3.33. The molecule has 1 atom stereocenters. The number of primary amides is 1. The summed E-state index contributed by atoms with van der Waals surface area (Å²) in [7, 11) is 0. The Morgan fingerprint density at radius 2 is 1.97 bits per heavy atom. The Morgan fingerprint density at radius 3 is 2.62 bits per heavy atom. The van der Waals surface area contributed by atoms with E-state index in [0.717, 1.165) is 17.1 Å². The molecule has 3 heterocycles. The van der Waals surface area contributed by atoms with Crippen molar-refractivity contribution in [2.24, 2.45) is 11.7 Å². The largest absolute Gasteiger partial charge is 0.391 e. The van der Waals surface area contributed by atoms with Crippen molar-refractivity contribution >= 4 is 11.7 Å². The molecule has 158 valence electrons. The lowest BCUT2D eigenvalue weighted by Crippen LogP contribution is -2.45. The number of carbonyl (C=O) groups is 1. The van der Waals surface area contributed by atoms with Crippen molar-refractivity contribution in [3.8, 4) is 0 Å². The molecule has 0 radical (unpaired) electrons. The molecule has 2 fully saturated rings. The van der Waals surface area contributed by atoms with Crippen molar-refractivity contribution in [3.63, 3.8) is 0 Å². The van der Waals surface area contributed by atoms with Crippen LogP contribution in [0.4, 0.5) is 18.0 Å². The van der Waals surface area contributed by atoms with Gasteiger partial charge in [-0.1, -0.05) is 0 Å². The second-order valence-corrected chi connectivity index (χ2v) is 7.90. The third-order valence-corrected chi connectivity index (χ3v) is 5.92. The van der Waals surface area contributed by atoms with E-state index in [-0.39, 0.29) is 18.8 Å². The van der Waals surface area contributed by atoms with Gasteiger partial charge in [0.25, 0.3) is 0 Å². The van der Waals surface area contributed by atoms with E-state index in [1.165, 1.54) is 4.90 Å². The fourth-order valence-corrected chi connectivity index (χ4v) is 4.32. The summed E-state index contributed by atoms with van der Waals surface area (Å²) in [6.07, 6.45) is -3.36. The summed E-state index contributed by atoms with van der Waals surface area (Å²) in [5.41, 5.74) is 8.33. The molecule has 10 heteroatoms. The second-order valence-electron chi connectivity index (χ2n) is 7.90. The van der Waals surface area contributed by atoms with Gasteiger partial charge in [0.15, 0.2) is 5.65 Å². The molecule has 0 spiro atoms. The molecule has 0 aromatic carbocycles. The number of ether oxygens (including phenoxy) is 1. The molecule has 1 saturated carbocycles. The minimum Gasteiger partial charge on any atom is -0.368 e. The van der Waals surface area contributed by atoms with Gasteiger partial charge in [-0.05, 0) is 38.7 Å². The summed E-state index contributed by atoms with van der Waals surface area (Å²) in [5, 5.41) is 4.67. The van der Waals surface area contributed by atoms with E-state index in [1.807, 2.05) is 19.1 Å². The first-order valence-electron chi connectivity index (χ1n) is 9.82. The highest BCUT2D eigenvalue weighted by Crippen LogP contribution is 2.42. The van der Waals surface area contributed by atoms with Gasteiger partial charge in [-0.25, -0.2) is 14.3 Å². The number of nitrogens with zero attached hydrogens (tertiary/aromatic N) is 4. The van der Waals surface area contributed by atoms with Crippen LogP contribution >= 0.6 is 0 Å². The van der Waals surface area contributed by atoms with Crippen LogP contribution in [0.5, 0.6) is 0 Å². The van der Waals surface area contributed by atoms with Gasteiger partial charge >= 0.3 is 12.2 Å². The fourth-order valence-electron chi connectivity index (χ4n) is 4.32. The Bertz CT molecular complexity index is 905. The minimum atomic E-state index is -4.12. The highest BCUT2D eigenvalue weighted by molar-refractivity contribution is 5.72. The number of hydrogen-bond donors (Lipinski definition) is 1. The number of urea groups is 1. The summed E-state index contributed by atoms with van der Waals surface area (Å²) >= 11 is 0. The first-order chi connectivity index (χ1) is 13.7. The molecular formula is C19H24F3N5O2. The molecule has 0 unspecified atom stereocenters. The maximum Gasteiger partial charge on any atom is 0.391 e. The van der Waals surface area contributed by atoms with Crippen LogP contribution in [-0.2, 0) is 4.74 Å². The number of nitrogens with two attached hydrogens (primary N) is 1. The van der Waals surface area contributed by atoms with Gasteiger partial charge in [0.05, 0.1) is 30.5 Å². The van der Waals surface area contributed by atoms with Crippen LogP contribution in [-0.4, -0.2) is 51.4 Å². The van der Waals surface area contributed by atoms with Gasteiger partial charge in [-0.15, -0.1) is 0 Å². The third kappa shape index (κ3) is 4.03. The van der Waals surface area contributed by atoms with Gasteiger partial charge in [-0.3, -0.25) is 0 Å². The molecule has 7 nitrogen and oxygen atoms in total. The van der Waals surface area contributed by atoms with Crippen LogP contribution in [0.1, 0.15) is 54.8 Å². The SMILES string of the molecule is Cc1cc([C@H]2CN(C(N)=O)CCO2)n2nc(C3CCC(C(F)(F)F)CC3)cc2n1. The number of hydrogen-bond acceptors (Lipinski definition) is 4. The zero-order chi connectivity index (χ0) is 20.8. The number of morpholine rings is 1. The Kier molecular flexibility index (Phi) is 5.14. The average molecular weight is 411 g/mol. The number of halogens is 3. The van der Waals surface area contributed by atoms with Gasteiger partial charge < -0.3 is 15.4 Å². The maximum absolute atomic E-state index is 12.9. The molecule has 1 aliphatic carbocycles. The molecular weight excluding hydrogens is 387 g/mol. The molecule has 2 N–H and O–H groups in total. The first-order valence-corrected chi connectivity index (χ1v) is 9.82. The van der Waals surface area contributed by atoms with Crippen molar-refractivity contribution < 1.29 is 22.7 Å². The monoisotopic (exact) mass is 411 g/mol. The quantitative estimate of drug-likeness (QED) is 0.821. The summed E-state index contributed by atoms with van der Waals surface area (Å²) in [6, 6.07) is 3.21.